The average Bonchev–Trinajstić information content (AvgIpc) is 2.08. The highest BCUT2D eigenvalue weighted by atomic mass is 31.1. The molecule has 0 spiro atoms. The Labute approximate surface area is 76.6 Å². The first kappa shape index (κ1) is 11.4. The number of hydrogen-bond donors (Lipinski definition) is 1. The molecule has 0 bridgehead atoms. The Morgan fingerprint density at radius 3 is 1.75 bits per heavy atom. The second-order valence-corrected chi connectivity index (χ2v) is 4.21. The average molecular weight is 184 g/mol. The fourth-order valence-corrected chi connectivity index (χ4v) is 1.18. The summed E-state index contributed by atoms with van der Waals surface area (Å²) in [5.74, 6) is 0.322. The van der Waals surface area contributed by atoms with Crippen molar-refractivity contribution in [3.63, 3.8) is 0 Å². The SMILES string of the molecule is CCPCC.Oc1ccccc1. The molecular formula is C10H17OP. The van der Waals surface area contributed by atoms with E-state index in [9.17, 15) is 0 Å². The quantitative estimate of drug-likeness (QED) is 0.700. The molecule has 2 heteroatoms. The predicted molar refractivity (Wildman–Crippen MR) is 57.5 cm³/mol. The third-order valence-electron chi connectivity index (χ3n) is 1.26. The van der Waals surface area contributed by atoms with Gasteiger partial charge >= 0.3 is 0 Å². The molecule has 1 aromatic carbocycles. The number of rotatable bonds is 2. The molecular weight excluding hydrogens is 167 g/mol. The van der Waals surface area contributed by atoms with Gasteiger partial charge in [-0.05, 0) is 24.5 Å². The Morgan fingerprint density at radius 1 is 1.08 bits per heavy atom. The summed E-state index contributed by atoms with van der Waals surface area (Å²) in [6, 6.07) is 8.71. The number of benzene rings is 1. The molecule has 0 radical (unpaired) electrons. The largest absolute Gasteiger partial charge is 0.508 e. The zero-order valence-corrected chi connectivity index (χ0v) is 8.75. The van der Waals surface area contributed by atoms with Crippen molar-refractivity contribution in [3.8, 4) is 5.75 Å². The van der Waals surface area contributed by atoms with Gasteiger partial charge in [0, 0.05) is 0 Å². The zero-order chi connectivity index (χ0) is 9.23. The van der Waals surface area contributed by atoms with Crippen molar-refractivity contribution < 1.29 is 5.11 Å². The number of aromatic hydroxyl groups is 1. The topological polar surface area (TPSA) is 20.2 Å². The summed E-state index contributed by atoms with van der Waals surface area (Å²) in [7, 11) is 1.20. The lowest BCUT2D eigenvalue weighted by Crippen LogP contribution is -1.59. The molecule has 1 N–H and O–H groups in total. The van der Waals surface area contributed by atoms with E-state index in [0.717, 1.165) is 0 Å². The molecule has 0 aromatic heterocycles. The van der Waals surface area contributed by atoms with Crippen LogP contribution in [-0.2, 0) is 0 Å². The molecule has 68 valence electrons. The van der Waals surface area contributed by atoms with Gasteiger partial charge < -0.3 is 5.11 Å². The van der Waals surface area contributed by atoms with Crippen LogP contribution in [0.25, 0.3) is 0 Å². The van der Waals surface area contributed by atoms with Crippen molar-refractivity contribution in [2.75, 3.05) is 12.3 Å². The summed E-state index contributed by atoms with van der Waals surface area (Å²) in [5.41, 5.74) is 0. The van der Waals surface area contributed by atoms with Gasteiger partial charge in [-0.2, -0.15) is 0 Å². The monoisotopic (exact) mass is 184 g/mol. The molecule has 0 aliphatic rings. The minimum Gasteiger partial charge on any atom is -0.508 e. The van der Waals surface area contributed by atoms with E-state index in [1.54, 1.807) is 24.3 Å². The van der Waals surface area contributed by atoms with Gasteiger partial charge in [0.05, 0.1) is 0 Å². The highest BCUT2D eigenvalue weighted by molar-refractivity contribution is 7.37. The van der Waals surface area contributed by atoms with E-state index in [1.807, 2.05) is 6.07 Å². The maximum absolute atomic E-state index is 8.63. The highest BCUT2D eigenvalue weighted by Crippen LogP contribution is 2.04. The van der Waals surface area contributed by atoms with Gasteiger partial charge in [0.1, 0.15) is 5.75 Å². The summed E-state index contributed by atoms with van der Waals surface area (Å²) in [4.78, 5) is 0. The second-order valence-electron chi connectivity index (χ2n) is 2.29. The number of para-hydroxylation sites is 1. The Bertz CT molecular complexity index is 172. The number of hydrogen-bond acceptors (Lipinski definition) is 1. The Morgan fingerprint density at radius 2 is 1.58 bits per heavy atom. The molecule has 0 amide bonds. The molecule has 1 nitrogen and oxygen atoms in total. The van der Waals surface area contributed by atoms with E-state index in [1.165, 1.54) is 20.9 Å². The number of phenolic OH excluding ortho intramolecular Hbond substituents is 1. The van der Waals surface area contributed by atoms with Crippen LogP contribution in [0.5, 0.6) is 5.75 Å². The molecule has 1 aromatic rings. The zero-order valence-electron chi connectivity index (χ0n) is 7.75. The first-order valence-corrected chi connectivity index (χ1v) is 5.67. The van der Waals surface area contributed by atoms with E-state index in [2.05, 4.69) is 13.8 Å². The van der Waals surface area contributed by atoms with Crippen LogP contribution in [0.2, 0.25) is 0 Å². The molecule has 0 saturated carbocycles. The Balaban J connectivity index is 0.000000217. The number of phenols is 1. The first-order valence-electron chi connectivity index (χ1n) is 4.26. The first-order chi connectivity index (χ1) is 5.81. The predicted octanol–water partition coefficient (Wildman–Crippen LogP) is 3.10. The van der Waals surface area contributed by atoms with Crippen LogP contribution in [-0.4, -0.2) is 17.4 Å². The molecule has 0 atom stereocenters. The minimum absolute atomic E-state index is 0.322. The van der Waals surface area contributed by atoms with Gasteiger partial charge in [0.2, 0.25) is 0 Å². The summed E-state index contributed by atoms with van der Waals surface area (Å²) in [5, 5.41) is 8.63. The van der Waals surface area contributed by atoms with Crippen molar-refractivity contribution >= 4 is 8.58 Å². The molecule has 1 rings (SSSR count). The van der Waals surface area contributed by atoms with Crippen molar-refractivity contribution in [2.45, 2.75) is 13.8 Å². The van der Waals surface area contributed by atoms with E-state index in [4.69, 9.17) is 5.11 Å². The van der Waals surface area contributed by atoms with Crippen LogP contribution >= 0.6 is 8.58 Å². The third kappa shape index (κ3) is 7.56. The fraction of sp³-hybridized carbons (Fsp3) is 0.400. The van der Waals surface area contributed by atoms with E-state index in [-0.39, 0.29) is 0 Å². The lowest BCUT2D eigenvalue weighted by molar-refractivity contribution is 0.475. The molecule has 0 fully saturated rings. The van der Waals surface area contributed by atoms with Gasteiger partial charge in [-0.1, -0.05) is 32.0 Å². The van der Waals surface area contributed by atoms with E-state index >= 15 is 0 Å². The second kappa shape index (κ2) is 8.55. The maximum Gasteiger partial charge on any atom is 0.115 e. The summed E-state index contributed by atoms with van der Waals surface area (Å²) in [6.07, 6.45) is 2.74. The lowest BCUT2D eigenvalue weighted by Gasteiger charge is -1.82. The smallest absolute Gasteiger partial charge is 0.115 e. The van der Waals surface area contributed by atoms with Gasteiger partial charge in [-0.25, -0.2) is 0 Å². The molecule has 0 aliphatic carbocycles. The fourth-order valence-electron chi connectivity index (χ4n) is 0.678. The van der Waals surface area contributed by atoms with Crippen molar-refractivity contribution in [1.29, 1.82) is 0 Å². The minimum atomic E-state index is 0.322. The van der Waals surface area contributed by atoms with Gasteiger partial charge in [0.25, 0.3) is 0 Å². The molecule has 0 saturated heterocycles. The molecule has 0 aliphatic heterocycles. The van der Waals surface area contributed by atoms with Crippen molar-refractivity contribution in [3.05, 3.63) is 30.3 Å². The van der Waals surface area contributed by atoms with Gasteiger partial charge in [0.15, 0.2) is 0 Å². The van der Waals surface area contributed by atoms with E-state index < -0.39 is 0 Å². The normalized spacial score (nSPS) is 8.50. The van der Waals surface area contributed by atoms with Gasteiger partial charge in [-0.15, -0.1) is 8.58 Å². The van der Waals surface area contributed by atoms with Crippen LogP contribution in [0.3, 0.4) is 0 Å². The third-order valence-corrected chi connectivity index (χ3v) is 2.26. The van der Waals surface area contributed by atoms with Crippen LogP contribution in [0, 0.1) is 0 Å². The Hall–Kier alpha value is -0.550. The molecule has 12 heavy (non-hydrogen) atoms. The molecule has 0 heterocycles. The maximum atomic E-state index is 8.63. The lowest BCUT2D eigenvalue weighted by atomic mass is 10.3. The highest BCUT2D eigenvalue weighted by Gasteiger charge is 1.74. The van der Waals surface area contributed by atoms with Crippen LogP contribution in [0.1, 0.15) is 13.8 Å². The Kier molecular flexibility index (Phi) is 8.15. The summed E-state index contributed by atoms with van der Waals surface area (Å²) < 4.78 is 0. The van der Waals surface area contributed by atoms with Crippen LogP contribution < -0.4 is 0 Å². The van der Waals surface area contributed by atoms with Gasteiger partial charge in [-0.3, -0.25) is 0 Å². The van der Waals surface area contributed by atoms with Crippen LogP contribution in [0.4, 0.5) is 0 Å². The van der Waals surface area contributed by atoms with E-state index in [0.29, 0.717) is 5.75 Å². The molecule has 0 unspecified atom stereocenters. The van der Waals surface area contributed by atoms with Crippen molar-refractivity contribution in [2.24, 2.45) is 0 Å². The standard InChI is InChI=1S/C6H6O.C4H11P/c7-6-4-2-1-3-5-6;1-3-5-4-2/h1-5,7H;5H,3-4H2,1-2H3. The summed E-state index contributed by atoms with van der Waals surface area (Å²) >= 11 is 0. The summed E-state index contributed by atoms with van der Waals surface area (Å²) in [6.45, 7) is 4.45. The van der Waals surface area contributed by atoms with Crippen molar-refractivity contribution in [1.82, 2.24) is 0 Å². The van der Waals surface area contributed by atoms with Crippen LogP contribution in [0.15, 0.2) is 30.3 Å².